The summed E-state index contributed by atoms with van der Waals surface area (Å²) in [5, 5.41) is 9.39. The standard InChI is InChI=1S/C10H13FO/c1-3-9(12)8-6-4-5-7(2)10(8)11/h4-6,9,12H,3H2,1-2H3/t9-/m1/s1. The van der Waals surface area contributed by atoms with Gasteiger partial charge in [-0.3, -0.25) is 0 Å². The van der Waals surface area contributed by atoms with Gasteiger partial charge in [-0.25, -0.2) is 4.39 Å². The lowest BCUT2D eigenvalue weighted by Crippen LogP contribution is -2.00. The largest absolute Gasteiger partial charge is 0.388 e. The second-order valence-electron chi connectivity index (χ2n) is 2.90. The van der Waals surface area contributed by atoms with E-state index in [1.54, 1.807) is 25.1 Å². The van der Waals surface area contributed by atoms with Crippen LogP contribution in [0.3, 0.4) is 0 Å². The maximum absolute atomic E-state index is 13.3. The van der Waals surface area contributed by atoms with Crippen LogP contribution in [0.15, 0.2) is 18.2 Å². The molecule has 0 saturated heterocycles. The Morgan fingerprint density at radius 1 is 1.50 bits per heavy atom. The summed E-state index contributed by atoms with van der Waals surface area (Å²) >= 11 is 0. The van der Waals surface area contributed by atoms with E-state index in [1.165, 1.54) is 0 Å². The first-order valence-electron chi connectivity index (χ1n) is 4.10. The number of rotatable bonds is 2. The SMILES string of the molecule is CC[C@@H](O)c1cccc(C)c1F. The minimum absolute atomic E-state index is 0.285. The molecule has 12 heavy (non-hydrogen) atoms. The minimum atomic E-state index is -0.676. The number of hydrogen-bond donors (Lipinski definition) is 1. The summed E-state index contributed by atoms with van der Waals surface area (Å²) in [6.07, 6.45) is -0.134. The molecular formula is C10H13FO. The van der Waals surface area contributed by atoms with Gasteiger partial charge < -0.3 is 5.11 Å². The molecule has 0 aliphatic heterocycles. The van der Waals surface area contributed by atoms with Crippen molar-refractivity contribution in [3.63, 3.8) is 0 Å². The highest BCUT2D eigenvalue weighted by Gasteiger charge is 2.11. The Balaban J connectivity index is 3.07. The van der Waals surface area contributed by atoms with Crippen molar-refractivity contribution in [1.29, 1.82) is 0 Å². The fourth-order valence-electron chi connectivity index (χ4n) is 1.15. The Hall–Kier alpha value is -0.890. The number of aliphatic hydroxyl groups is 1. The van der Waals surface area contributed by atoms with Gasteiger partial charge in [0.05, 0.1) is 6.10 Å². The van der Waals surface area contributed by atoms with Gasteiger partial charge in [-0.2, -0.15) is 0 Å². The second kappa shape index (κ2) is 3.68. The van der Waals surface area contributed by atoms with Crippen LogP contribution in [0.1, 0.15) is 30.6 Å². The van der Waals surface area contributed by atoms with Crippen molar-refractivity contribution in [3.05, 3.63) is 35.1 Å². The lowest BCUT2D eigenvalue weighted by molar-refractivity contribution is 0.169. The van der Waals surface area contributed by atoms with Crippen LogP contribution in [-0.4, -0.2) is 5.11 Å². The average Bonchev–Trinajstić information content (AvgIpc) is 2.08. The zero-order valence-electron chi connectivity index (χ0n) is 7.34. The highest BCUT2D eigenvalue weighted by atomic mass is 19.1. The summed E-state index contributed by atoms with van der Waals surface area (Å²) in [5.41, 5.74) is 0.984. The zero-order valence-corrected chi connectivity index (χ0v) is 7.34. The van der Waals surface area contributed by atoms with E-state index < -0.39 is 6.10 Å². The predicted molar refractivity (Wildman–Crippen MR) is 46.4 cm³/mol. The van der Waals surface area contributed by atoms with E-state index in [1.807, 2.05) is 6.92 Å². The summed E-state index contributed by atoms with van der Waals surface area (Å²) in [6, 6.07) is 5.07. The summed E-state index contributed by atoms with van der Waals surface area (Å²) in [6.45, 7) is 3.52. The minimum Gasteiger partial charge on any atom is -0.388 e. The Bertz CT molecular complexity index is 271. The van der Waals surface area contributed by atoms with Gasteiger partial charge in [0.25, 0.3) is 0 Å². The van der Waals surface area contributed by atoms with Crippen molar-refractivity contribution in [3.8, 4) is 0 Å². The van der Waals surface area contributed by atoms with Gasteiger partial charge >= 0.3 is 0 Å². The van der Waals surface area contributed by atoms with Crippen LogP contribution >= 0.6 is 0 Å². The van der Waals surface area contributed by atoms with Gasteiger partial charge in [0.2, 0.25) is 0 Å². The summed E-state index contributed by atoms with van der Waals surface area (Å²) in [5.74, 6) is -0.285. The average molecular weight is 168 g/mol. The van der Waals surface area contributed by atoms with Crippen molar-refractivity contribution in [2.75, 3.05) is 0 Å². The first-order chi connectivity index (χ1) is 5.66. The molecule has 1 aromatic rings. The van der Waals surface area contributed by atoms with Crippen LogP contribution in [0.25, 0.3) is 0 Å². The van der Waals surface area contributed by atoms with Gasteiger partial charge in [-0.1, -0.05) is 25.1 Å². The quantitative estimate of drug-likeness (QED) is 0.719. The van der Waals surface area contributed by atoms with E-state index in [9.17, 15) is 9.50 Å². The predicted octanol–water partition coefficient (Wildman–Crippen LogP) is 2.58. The maximum Gasteiger partial charge on any atom is 0.131 e. The van der Waals surface area contributed by atoms with Gasteiger partial charge in [-0.05, 0) is 18.9 Å². The van der Waals surface area contributed by atoms with Crippen LogP contribution in [0, 0.1) is 12.7 Å². The van der Waals surface area contributed by atoms with E-state index >= 15 is 0 Å². The van der Waals surface area contributed by atoms with E-state index in [-0.39, 0.29) is 5.82 Å². The molecule has 1 nitrogen and oxygen atoms in total. The van der Waals surface area contributed by atoms with Crippen LogP contribution in [0.2, 0.25) is 0 Å². The molecule has 0 aliphatic carbocycles. The van der Waals surface area contributed by atoms with Crippen molar-refractivity contribution < 1.29 is 9.50 Å². The fraction of sp³-hybridized carbons (Fsp3) is 0.400. The Morgan fingerprint density at radius 2 is 2.17 bits per heavy atom. The third-order valence-electron chi connectivity index (χ3n) is 1.97. The normalized spacial score (nSPS) is 13.0. The monoisotopic (exact) mass is 168 g/mol. The van der Waals surface area contributed by atoms with Crippen molar-refractivity contribution >= 4 is 0 Å². The zero-order chi connectivity index (χ0) is 9.14. The van der Waals surface area contributed by atoms with Gasteiger partial charge in [0.1, 0.15) is 5.82 Å². The lowest BCUT2D eigenvalue weighted by atomic mass is 10.0. The molecule has 1 rings (SSSR count). The van der Waals surface area contributed by atoms with Gasteiger partial charge in [0, 0.05) is 5.56 Å². The highest BCUT2D eigenvalue weighted by molar-refractivity contribution is 5.26. The lowest BCUT2D eigenvalue weighted by Gasteiger charge is -2.10. The smallest absolute Gasteiger partial charge is 0.131 e. The maximum atomic E-state index is 13.3. The Morgan fingerprint density at radius 3 is 2.75 bits per heavy atom. The molecule has 1 N–H and O–H groups in total. The first-order valence-corrected chi connectivity index (χ1v) is 4.10. The third kappa shape index (κ3) is 1.64. The number of halogens is 1. The fourth-order valence-corrected chi connectivity index (χ4v) is 1.15. The van der Waals surface area contributed by atoms with Gasteiger partial charge in [0.15, 0.2) is 0 Å². The number of aliphatic hydroxyl groups excluding tert-OH is 1. The van der Waals surface area contributed by atoms with Crippen LogP contribution in [0.4, 0.5) is 4.39 Å². The van der Waals surface area contributed by atoms with Crippen LogP contribution in [0.5, 0.6) is 0 Å². The molecule has 0 spiro atoms. The van der Waals surface area contributed by atoms with Crippen molar-refractivity contribution in [2.24, 2.45) is 0 Å². The number of hydrogen-bond acceptors (Lipinski definition) is 1. The summed E-state index contributed by atoms with van der Waals surface area (Å²) in [7, 11) is 0. The number of aryl methyl sites for hydroxylation is 1. The first kappa shape index (κ1) is 9.20. The molecule has 0 saturated carbocycles. The van der Waals surface area contributed by atoms with Crippen LogP contribution in [-0.2, 0) is 0 Å². The van der Waals surface area contributed by atoms with Crippen molar-refractivity contribution in [2.45, 2.75) is 26.4 Å². The molecule has 1 atom stereocenters. The molecule has 0 radical (unpaired) electrons. The molecule has 1 aromatic carbocycles. The van der Waals surface area contributed by atoms with E-state index in [0.29, 0.717) is 17.5 Å². The molecule has 0 heterocycles. The van der Waals surface area contributed by atoms with Crippen LogP contribution < -0.4 is 0 Å². The molecule has 0 aliphatic rings. The molecule has 0 unspecified atom stereocenters. The Labute approximate surface area is 71.9 Å². The summed E-state index contributed by atoms with van der Waals surface area (Å²) in [4.78, 5) is 0. The molecular weight excluding hydrogens is 155 g/mol. The molecule has 0 amide bonds. The molecule has 0 fully saturated rings. The summed E-state index contributed by atoms with van der Waals surface area (Å²) < 4.78 is 13.3. The van der Waals surface area contributed by atoms with E-state index in [0.717, 1.165) is 0 Å². The number of benzene rings is 1. The third-order valence-corrected chi connectivity index (χ3v) is 1.97. The highest BCUT2D eigenvalue weighted by Crippen LogP contribution is 2.21. The second-order valence-corrected chi connectivity index (χ2v) is 2.90. The molecule has 66 valence electrons. The van der Waals surface area contributed by atoms with Crippen molar-refractivity contribution in [1.82, 2.24) is 0 Å². The van der Waals surface area contributed by atoms with Gasteiger partial charge in [-0.15, -0.1) is 0 Å². The topological polar surface area (TPSA) is 20.2 Å². The Kier molecular flexibility index (Phi) is 2.82. The molecule has 2 heteroatoms. The molecule has 0 aromatic heterocycles. The van der Waals surface area contributed by atoms with E-state index in [4.69, 9.17) is 0 Å². The molecule has 0 bridgehead atoms. The van der Waals surface area contributed by atoms with E-state index in [2.05, 4.69) is 0 Å².